The van der Waals surface area contributed by atoms with E-state index in [0.717, 1.165) is 6.42 Å². The average molecular weight is 483 g/mol. The van der Waals surface area contributed by atoms with Crippen LogP contribution >= 0.6 is 11.6 Å². The number of rotatable bonds is 10. The third-order valence-corrected chi connectivity index (χ3v) is 5.89. The molecule has 8 nitrogen and oxygen atoms in total. The van der Waals surface area contributed by atoms with Gasteiger partial charge in [-0.15, -0.1) is 0 Å². The molecule has 0 atom stereocenters. The van der Waals surface area contributed by atoms with E-state index in [1.165, 1.54) is 18.1 Å². The molecule has 33 heavy (non-hydrogen) atoms. The lowest BCUT2D eigenvalue weighted by Crippen LogP contribution is -2.45. The summed E-state index contributed by atoms with van der Waals surface area (Å²) >= 11 is 6.38. The Morgan fingerprint density at radius 3 is 2.45 bits per heavy atom. The molecule has 2 rings (SSSR count). The molecule has 0 aliphatic carbocycles. The number of likely N-dealkylation sites (tertiary alicyclic amines) is 1. The maximum Gasteiger partial charge on any atom is 0.309 e. The molecular weight excluding hydrogens is 448 g/mol. The van der Waals surface area contributed by atoms with Crippen molar-refractivity contribution in [2.45, 2.75) is 40.0 Å². The minimum atomic E-state index is -0.348. The monoisotopic (exact) mass is 482 g/mol. The van der Waals surface area contributed by atoms with Gasteiger partial charge in [-0.3, -0.25) is 14.4 Å². The summed E-state index contributed by atoms with van der Waals surface area (Å²) in [7, 11) is 3.06. The quantitative estimate of drug-likeness (QED) is 0.473. The summed E-state index contributed by atoms with van der Waals surface area (Å²) in [5, 5.41) is 0.280. The molecule has 0 radical (unpaired) electrons. The second-order valence-corrected chi connectivity index (χ2v) is 9.00. The fraction of sp³-hybridized carbons (Fsp3) is 0.625. The van der Waals surface area contributed by atoms with E-state index in [9.17, 15) is 14.4 Å². The van der Waals surface area contributed by atoms with Gasteiger partial charge in [-0.05, 0) is 44.2 Å². The first-order chi connectivity index (χ1) is 15.7. The molecule has 2 amide bonds. The molecule has 1 fully saturated rings. The molecule has 0 unspecified atom stereocenters. The molecule has 0 saturated carbocycles. The highest BCUT2D eigenvalue weighted by atomic mass is 35.5. The molecule has 184 valence electrons. The molecular formula is C24H35ClN2O6. The van der Waals surface area contributed by atoms with E-state index < -0.39 is 0 Å². The Balaban J connectivity index is 1.98. The molecule has 1 aliphatic heterocycles. The van der Waals surface area contributed by atoms with Crippen molar-refractivity contribution in [2.24, 2.45) is 11.8 Å². The molecule has 0 spiro atoms. The first kappa shape index (κ1) is 26.8. The van der Waals surface area contributed by atoms with Gasteiger partial charge in [-0.2, -0.15) is 0 Å². The highest BCUT2D eigenvalue weighted by Crippen LogP contribution is 2.37. The van der Waals surface area contributed by atoms with Crippen LogP contribution in [0.2, 0.25) is 5.02 Å². The van der Waals surface area contributed by atoms with Crippen LogP contribution in [0.15, 0.2) is 12.1 Å². The lowest BCUT2D eigenvalue weighted by atomic mass is 9.97. The van der Waals surface area contributed by atoms with Crippen LogP contribution in [0.1, 0.15) is 50.4 Å². The fourth-order valence-corrected chi connectivity index (χ4v) is 3.87. The highest BCUT2D eigenvalue weighted by molar-refractivity contribution is 6.32. The van der Waals surface area contributed by atoms with Crippen molar-refractivity contribution in [2.75, 3.05) is 47.0 Å². The van der Waals surface area contributed by atoms with Crippen LogP contribution in [0.3, 0.4) is 0 Å². The average Bonchev–Trinajstić information content (AvgIpc) is 2.79. The third-order valence-electron chi connectivity index (χ3n) is 5.60. The Hall–Kier alpha value is -2.48. The van der Waals surface area contributed by atoms with E-state index in [-0.39, 0.29) is 35.3 Å². The summed E-state index contributed by atoms with van der Waals surface area (Å²) in [5.41, 5.74) is 0.310. The second kappa shape index (κ2) is 12.7. The summed E-state index contributed by atoms with van der Waals surface area (Å²) in [6.45, 7) is 7.67. The summed E-state index contributed by atoms with van der Waals surface area (Å²) in [6, 6.07) is 3.10. The van der Waals surface area contributed by atoms with Crippen LogP contribution in [-0.4, -0.2) is 74.6 Å². The van der Waals surface area contributed by atoms with Crippen molar-refractivity contribution in [3.63, 3.8) is 0 Å². The van der Waals surface area contributed by atoms with Gasteiger partial charge in [0.25, 0.3) is 5.91 Å². The minimum Gasteiger partial charge on any atom is -0.493 e. The van der Waals surface area contributed by atoms with Crippen molar-refractivity contribution >= 4 is 29.4 Å². The van der Waals surface area contributed by atoms with Crippen LogP contribution in [0.4, 0.5) is 0 Å². The Labute approximate surface area is 201 Å². The van der Waals surface area contributed by atoms with Crippen molar-refractivity contribution in [3.8, 4) is 11.5 Å². The number of hydrogen-bond acceptors (Lipinski definition) is 6. The molecule has 1 aromatic rings. The van der Waals surface area contributed by atoms with Gasteiger partial charge in [0.05, 0.1) is 37.8 Å². The number of piperidine rings is 1. The first-order valence-corrected chi connectivity index (χ1v) is 11.8. The predicted molar refractivity (Wildman–Crippen MR) is 126 cm³/mol. The lowest BCUT2D eigenvalue weighted by molar-refractivity contribution is -0.151. The molecule has 0 aromatic heterocycles. The first-order valence-electron chi connectivity index (χ1n) is 11.4. The number of carbonyl (C=O) groups is 3. The number of ether oxygens (including phenoxy) is 3. The molecule has 0 N–H and O–H groups in total. The number of benzene rings is 1. The van der Waals surface area contributed by atoms with E-state index in [1.807, 2.05) is 0 Å². The van der Waals surface area contributed by atoms with E-state index in [2.05, 4.69) is 13.8 Å². The molecule has 1 aliphatic rings. The van der Waals surface area contributed by atoms with Crippen molar-refractivity contribution in [1.82, 2.24) is 9.80 Å². The molecule has 9 heteroatoms. The Bertz CT molecular complexity index is 836. The number of amides is 2. The lowest BCUT2D eigenvalue weighted by Gasteiger charge is -2.32. The van der Waals surface area contributed by atoms with Gasteiger partial charge in [0.1, 0.15) is 0 Å². The maximum absolute atomic E-state index is 13.0. The van der Waals surface area contributed by atoms with E-state index in [1.54, 1.807) is 24.9 Å². The molecule has 0 bridgehead atoms. The highest BCUT2D eigenvalue weighted by Gasteiger charge is 2.29. The predicted octanol–water partition coefficient (Wildman–Crippen LogP) is 3.65. The number of carbonyl (C=O) groups excluding carboxylic acids is 3. The summed E-state index contributed by atoms with van der Waals surface area (Å²) < 4.78 is 16.2. The zero-order valence-electron chi connectivity index (χ0n) is 20.2. The maximum atomic E-state index is 13.0. The standard InChI is InChI=1S/C24H35ClN2O6/c1-6-32-24(30)17-7-10-27(11-8-17)21(28)15-26(4)23(29)18-13-19(25)22(20(14-18)31-5)33-12-9-16(2)3/h13-14,16-17H,6-12,15H2,1-5H3. The van der Waals surface area contributed by atoms with Gasteiger partial charge in [-0.1, -0.05) is 25.4 Å². The van der Waals surface area contributed by atoms with Gasteiger partial charge in [0.2, 0.25) is 5.91 Å². The number of halogens is 1. The number of hydrogen-bond donors (Lipinski definition) is 0. The summed E-state index contributed by atoms with van der Waals surface area (Å²) in [6.07, 6.45) is 1.99. The van der Waals surface area contributed by atoms with Crippen molar-refractivity contribution < 1.29 is 28.6 Å². The second-order valence-electron chi connectivity index (χ2n) is 8.59. The normalized spacial score (nSPS) is 14.2. The van der Waals surface area contributed by atoms with E-state index >= 15 is 0 Å². The number of likely N-dealkylation sites (N-methyl/N-ethyl adjacent to an activating group) is 1. The SMILES string of the molecule is CCOC(=O)C1CCN(C(=O)CN(C)C(=O)c2cc(Cl)c(OCCC(C)C)c(OC)c2)CC1. The van der Waals surface area contributed by atoms with Gasteiger partial charge in [0, 0.05) is 25.7 Å². The molecule has 1 aromatic carbocycles. The van der Waals surface area contributed by atoms with Gasteiger partial charge < -0.3 is 24.0 Å². The van der Waals surface area contributed by atoms with Gasteiger partial charge >= 0.3 is 5.97 Å². The summed E-state index contributed by atoms with van der Waals surface area (Å²) in [4.78, 5) is 40.6. The molecule has 1 saturated heterocycles. The Morgan fingerprint density at radius 2 is 1.88 bits per heavy atom. The fourth-order valence-electron chi connectivity index (χ4n) is 3.60. The van der Waals surface area contributed by atoms with Crippen LogP contribution in [0.25, 0.3) is 0 Å². The number of nitrogens with zero attached hydrogens (tertiary/aromatic N) is 2. The van der Waals surface area contributed by atoms with Crippen molar-refractivity contribution in [3.05, 3.63) is 22.7 Å². The van der Waals surface area contributed by atoms with Crippen LogP contribution in [0.5, 0.6) is 11.5 Å². The minimum absolute atomic E-state index is 0.0739. The van der Waals surface area contributed by atoms with Gasteiger partial charge in [-0.25, -0.2) is 0 Å². The van der Waals surface area contributed by atoms with Crippen LogP contribution in [-0.2, 0) is 14.3 Å². The van der Waals surface area contributed by atoms with Gasteiger partial charge in [0.15, 0.2) is 11.5 Å². The zero-order chi connectivity index (χ0) is 24.5. The topological polar surface area (TPSA) is 85.4 Å². The molecule has 1 heterocycles. The number of esters is 1. The summed E-state index contributed by atoms with van der Waals surface area (Å²) in [5.74, 6) is 0.356. The Morgan fingerprint density at radius 1 is 1.21 bits per heavy atom. The van der Waals surface area contributed by atoms with Crippen LogP contribution < -0.4 is 9.47 Å². The number of methoxy groups -OCH3 is 1. The smallest absolute Gasteiger partial charge is 0.309 e. The van der Waals surface area contributed by atoms with E-state index in [0.29, 0.717) is 62.1 Å². The Kier molecular flexibility index (Phi) is 10.3. The zero-order valence-corrected chi connectivity index (χ0v) is 20.9. The van der Waals surface area contributed by atoms with Crippen LogP contribution in [0, 0.1) is 11.8 Å². The largest absolute Gasteiger partial charge is 0.493 e. The van der Waals surface area contributed by atoms with Crippen molar-refractivity contribution in [1.29, 1.82) is 0 Å². The van der Waals surface area contributed by atoms with E-state index in [4.69, 9.17) is 25.8 Å². The third kappa shape index (κ3) is 7.52.